The van der Waals surface area contributed by atoms with Gasteiger partial charge in [0.15, 0.2) is 10.8 Å². The topological polar surface area (TPSA) is 128 Å². The third kappa shape index (κ3) is 6.13. The molecule has 1 aliphatic carbocycles. The maximum Gasteiger partial charge on any atom is 0.338 e. The van der Waals surface area contributed by atoms with Crippen molar-refractivity contribution < 1.29 is 28.6 Å². The van der Waals surface area contributed by atoms with Gasteiger partial charge in [-0.1, -0.05) is 23.7 Å². The molecule has 0 bridgehead atoms. The molecule has 2 fully saturated rings. The number of carbonyl (C=O) groups excluding carboxylic acids is 2. The van der Waals surface area contributed by atoms with Crippen LogP contribution in [-0.4, -0.2) is 100 Å². The molecule has 0 radical (unpaired) electrons. The van der Waals surface area contributed by atoms with Crippen LogP contribution in [0.2, 0.25) is 5.02 Å². The van der Waals surface area contributed by atoms with Crippen LogP contribution in [-0.2, 0) is 14.3 Å². The molecule has 1 aromatic heterocycles. The molecule has 5 rings (SSSR count). The highest BCUT2D eigenvalue weighted by Gasteiger charge is 2.41. The molecule has 2 aliphatic heterocycles. The zero-order valence-electron chi connectivity index (χ0n) is 23.3. The van der Waals surface area contributed by atoms with Crippen molar-refractivity contribution in [3.05, 3.63) is 62.5 Å². The number of urea groups is 1. The molecule has 11 nitrogen and oxygen atoms in total. The monoisotopic (exact) mass is 618 g/mol. The average molecular weight is 619 g/mol. The number of aromatic nitrogens is 1. The minimum atomic E-state index is -1.09. The Bertz CT molecular complexity index is 1420. The van der Waals surface area contributed by atoms with E-state index in [0.717, 1.165) is 12.8 Å². The van der Waals surface area contributed by atoms with Crippen molar-refractivity contribution in [3.8, 4) is 0 Å². The van der Waals surface area contributed by atoms with Gasteiger partial charge in [-0.2, -0.15) is 0 Å². The molecular formula is C28H32ClFN6O5S. The van der Waals surface area contributed by atoms with Crippen LogP contribution in [0, 0.1) is 5.82 Å². The number of halogens is 2. The largest absolute Gasteiger partial charge is 0.480 e. The standard InChI is InChI=1S/C28H32ClFN6O5S/c1-3-36(16-8-9-16)28(40)35-12-11-34(20(15-35)26(37)38)14-19-21(27(39)41-4-2)23(17-6-5-7-18(30)22(17)29)33-24(32-19)25-31-10-13-42-25/h5-7,10,13,16,20,23H,3-4,8-9,11-12,14-15H2,1-2H3,(H,32,33)(H,37,38)/t20-,23-/m0/s1. The Morgan fingerprint density at radius 1 is 1.26 bits per heavy atom. The summed E-state index contributed by atoms with van der Waals surface area (Å²) in [5.41, 5.74) is 0.703. The van der Waals surface area contributed by atoms with E-state index in [4.69, 9.17) is 21.3 Å². The number of hydrogen-bond acceptors (Lipinski definition) is 9. The van der Waals surface area contributed by atoms with Crippen molar-refractivity contribution >= 4 is 46.7 Å². The molecule has 2 atom stereocenters. The van der Waals surface area contributed by atoms with Crippen molar-refractivity contribution in [3.63, 3.8) is 0 Å². The summed E-state index contributed by atoms with van der Waals surface area (Å²) in [6, 6.07) is 2.27. The lowest BCUT2D eigenvalue weighted by Crippen LogP contribution is -2.60. The van der Waals surface area contributed by atoms with Gasteiger partial charge in [0.2, 0.25) is 0 Å². The lowest BCUT2D eigenvalue weighted by molar-refractivity contribution is -0.145. The smallest absolute Gasteiger partial charge is 0.338 e. The Labute approximate surface area is 251 Å². The summed E-state index contributed by atoms with van der Waals surface area (Å²) in [6.45, 7) is 4.79. The van der Waals surface area contributed by atoms with Crippen LogP contribution in [0.4, 0.5) is 9.18 Å². The van der Waals surface area contributed by atoms with Gasteiger partial charge in [-0.25, -0.2) is 19.0 Å². The Hall–Kier alpha value is -3.55. The number of carbonyl (C=O) groups is 3. The minimum absolute atomic E-state index is 0.00108. The van der Waals surface area contributed by atoms with E-state index >= 15 is 0 Å². The summed E-state index contributed by atoms with van der Waals surface area (Å²) in [7, 11) is 0. The summed E-state index contributed by atoms with van der Waals surface area (Å²) in [4.78, 5) is 53.3. The third-order valence-corrected chi connectivity index (χ3v) is 8.69. The van der Waals surface area contributed by atoms with Crippen LogP contribution in [0.5, 0.6) is 0 Å². The van der Waals surface area contributed by atoms with Crippen molar-refractivity contribution in [1.82, 2.24) is 25.0 Å². The molecule has 3 heterocycles. The van der Waals surface area contributed by atoms with E-state index in [1.165, 1.54) is 23.5 Å². The third-order valence-electron chi connectivity index (χ3n) is 7.51. The summed E-state index contributed by atoms with van der Waals surface area (Å²) in [5, 5.41) is 15.5. The number of rotatable bonds is 9. The molecular weight excluding hydrogens is 587 g/mol. The predicted octanol–water partition coefficient (Wildman–Crippen LogP) is 3.52. The molecule has 1 aromatic carbocycles. The quantitative estimate of drug-likeness (QED) is 0.409. The van der Waals surface area contributed by atoms with Gasteiger partial charge in [-0.3, -0.25) is 14.7 Å². The molecule has 1 saturated heterocycles. The number of carboxylic acids is 1. The zero-order valence-corrected chi connectivity index (χ0v) is 24.8. The number of carboxylic acid groups (broad SMARTS) is 1. The number of benzene rings is 1. The maximum absolute atomic E-state index is 14.6. The van der Waals surface area contributed by atoms with Crippen LogP contribution >= 0.6 is 22.9 Å². The fourth-order valence-electron chi connectivity index (χ4n) is 5.31. The number of amides is 2. The van der Waals surface area contributed by atoms with Gasteiger partial charge in [-0.15, -0.1) is 11.3 Å². The van der Waals surface area contributed by atoms with E-state index in [9.17, 15) is 23.9 Å². The number of thiazole rings is 1. The molecule has 224 valence electrons. The fourth-order valence-corrected chi connectivity index (χ4v) is 6.13. The zero-order chi connectivity index (χ0) is 30.0. The summed E-state index contributed by atoms with van der Waals surface area (Å²) < 4.78 is 20.0. The van der Waals surface area contributed by atoms with E-state index in [2.05, 4.69) is 10.3 Å². The first-order valence-electron chi connectivity index (χ1n) is 13.8. The van der Waals surface area contributed by atoms with Crippen molar-refractivity contribution in [1.29, 1.82) is 0 Å². The highest BCUT2D eigenvalue weighted by molar-refractivity contribution is 7.11. The average Bonchev–Trinajstić information content (AvgIpc) is 3.65. The van der Waals surface area contributed by atoms with Gasteiger partial charge in [0.1, 0.15) is 17.9 Å². The first-order chi connectivity index (χ1) is 20.2. The molecule has 0 unspecified atom stereocenters. The van der Waals surface area contributed by atoms with E-state index in [-0.39, 0.29) is 54.5 Å². The fraction of sp³-hybridized carbons (Fsp3) is 0.464. The van der Waals surface area contributed by atoms with Gasteiger partial charge in [-0.05, 0) is 32.8 Å². The van der Waals surface area contributed by atoms with Gasteiger partial charge >= 0.3 is 18.0 Å². The normalized spacial score (nSPS) is 21.0. The molecule has 3 aliphatic rings. The maximum atomic E-state index is 14.6. The van der Waals surface area contributed by atoms with E-state index in [1.54, 1.807) is 39.3 Å². The molecule has 2 amide bonds. The van der Waals surface area contributed by atoms with Crippen LogP contribution in [0.3, 0.4) is 0 Å². The van der Waals surface area contributed by atoms with Crippen molar-refractivity contribution in [2.75, 3.05) is 39.3 Å². The predicted molar refractivity (Wildman–Crippen MR) is 155 cm³/mol. The SMILES string of the molecule is CCOC(=O)C1=C(CN2CCN(C(=O)N(CC)C3CC3)C[C@H]2C(=O)O)NC(c2nccs2)=N[C@H]1c1cccc(F)c1Cl. The lowest BCUT2D eigenvalue weighted by Gasteiger charge is -2.42. The Balaban J connectivity index is 1.51. The van der Waals surface area contributed by atoms with Gasteiger partial charge in [0.05, 0.1) is 17.2 Å². The number of esters is 1. The molecule has 42 heavy (non-hydrogen) atoms. The van der Waals surface area contributed by atoms with Crippen molar-refractivity contribution in [2.45, 2.75) is 44.8 Å². The first-order valence-corrected chi connectivity index (χ1v) is 15.1. The molecule has 14 heteroatoms. The van der Waals surface area contributed by atoms with Crippen LogP contribution in [0.15, 0.2) is 46.0 Å². The lowest BCUT2D eigenvalue weighted by atomic mass is 9.94. The molecule has 2 N–H and O–H groups in total. The van der Waals surface area contributed by atoms with E-state index < -0.39 is 29.8 Å². The molecule has 0 spiro atoms. The summed E-state index contributed by atoms with van der Waals surface area (Å²) in [6.07, 6.45) is 3.52. The second-order valence-corrected chi connectivity index (χ2v) is 11.4. The highest BCUT2D eigenvalue weighted by atomic mass is 35.5. The van der Waals surface area contributed by atoms with Gasteiger partial charge in [0.25, 0.3) is 0 Å². The number of nitrogens with zero attached hydrogens (tertiary/aromatic N) is 5. The Kier molecular flexibility index (Phi) is 9.09. The van der Waals surface area contributed by atoms with Crippen molar-refractivity contribution in [2.24, 2.45) is 4.99 Å². The first kappa shape index (κ1) is 29.9. The second-order valence-electron chi connectivity index (χ2n) is 10.2. The Morgan fingerprint density at radius 3 is 2.69 bits per heavy atom. The van der Waals surface area contributed by atoms with Crippen LogP contribution in [0.1, 0.15) is 43.3 Å². The van der Waals surface area contributed by atoms with Gasteiger partial charge < -0.3 is 25.0 Å². The number of aliphatic carboxylic acids is 1. The number of aliphatic imine (C=N–C) groups is 1. The minimum Gasteiger partial charge on any atom is -0.480 e. The summed E-state index contributed by atoms with van der Waals surface area (Å²) >= 11 is 7.69. The van der Waals surface area contributed by atoms with E-state index in [0.29, 0.717) is 29.6 Å². The van der Waals surface area contributed by atoms with Crippen LogP contribution in [0.25, 0.3) is 0 Å². The number of nitrogens with one attached hydrogen (secondary N) is 1. The second kappa shape index (κ2) is 12.8. The van der Waals surface area contributed by atoms with E-state index in [1.807, 2.05) is 6.92 Å². The Morgan fingerprint density at radius 2 is 2.05 bits per heavy atom. The highest BCUT2D eigenvalue weighted by Crippen LogP contribution is 2.38. The summed E-state index contributed by atoms with van der Waals surface area (Å²) in [5.74, 6) is -2.10. The number of hydrogen-bond donors (Lipinski definition) is 2. The number of piperazine rings is 1. The number of amidine groups is 1. The molecule has 1 saturated carbocycles. The molecule has 2 aromatic rings. The van der Waals surface area contributed by atoms with Gasteiger partial charge in [0, 0.05) is 61.6 Å². The number of ether oxygens (including phenoxy) is 1. The van der Waals surface area contributed by atoms with Crippen LogP contribution < -0.4 is 5.32 Å².